The number of anilines is 3. The fourth-order valence-corrected chi connectivity index (χ4v) is 4.45. The highest BCUT2D eigenvalue weighted by Crippen LogP contribution is 2.39. The van der Waals surface area contributed by atoms with Gasteiger partial charge in [0.2, 0.25) is 0 Å². The van der Waals surface area contributed by atoms with E-state index in [1.165, 1.54) is 16.0 Å². The van der Waals surface area contributed by atoms with E-state index in [2.05, 4.69) is 21.8 Å². The second kappa shape index (κ2) is 8.85. The number of nitrogens with zero attached hydrogens (tertiary/aromatic N) is 6. The van der Waals surface area contributed by atoms with Crippen molar-refractivity contribution in [1.82, 2.24) is 14.8 Å². The van der Waals surface area contributed by atoms with Gasteiger partial charge in [-0.3, -0.25) is 14.5 Å². The van der Waals surface area contributed by atoms with Crippen molar-refractivity contribution < 1.29 is 14.3 Å². The molecule has 1 fully saturated rings. The Morgan fingerprint density at radius 3 is 2.32 bits per heavy atom. The zero-order valence-electron chi connectivity index (χ0n) is 19.2. The summed E-state index contributed by atoms with van der Waals surface area (Å²) < 4.78 is 0.611. The summed E-state index contributed by atoms with van der Waals surface area (Å²) in [4.78, 5) is 38.6. The summed E-state index contributed by atoms with van der Waals surface area (Å²) in [5.74, 6) is -0.549. The molecule has 174 valence electrons. The van der Waals surface area contributed by atoms with Crippen molar-refractivity contribution in [3.63, 3.8) is 0 Å². The van der Waals surface area contributed by atoms with Crippen LogP contribution < -0.4 is 14.5 Å². The Morgan fingerprint density at radius 1 is 0.971 bits per heavy atom. The Labute approximate surface area is 198 Å². The summed E-state index contributed by atoms with van der Waals surface area (Å²) in [6.45, 7) is 3.39. The van der Waals surface area contributed by atoms with Gasteiger partial charge in [0.1, 0.15) is 17.4 Å². The molecule has 2 amide bonds. The number of hydrogen-bond acceptors (Lipinski definition) is 6. The second-order valence-corrected chi connectivity index (χ2v) is 8.64. The number of fused-ring (bicyclic) bond motifs is 2. The SMILES string of the molecule is CN1CCN(CC(=O)N2c3ccccc3N(C)C(=O)c3cnc(-c4ccccc4)[n+]([O-])c32)CC1. The van der Waals surface area contributed by atoms with Gasteiger partial charge < -0.3 is 15.0 Å². The average Bonchev–Trinajstić information content (AvgIpc) is 2.95. The maximum absolute atomic E-state index is 13.8. The monoisotopic (exact) mass is 458 g/mol. The Morgan fingerprint density at radius 2 is 1.62 bits per heavy atom. The number of para-hydroxylation sites is 2. The third-order valence-corrected chi connectivity index (χ3v) is 6.41. The summed E-state index contributed by atoms with van der Waals surface area (Å²) in [5.41, 5.74) is 1.73. The van der Waals surface area contributed by atoms with Crippen LogP contribution in [-0.2, 0) is 4.79 Å². The first-order valence-corrected chi connectivity index (χ1v) is 11.2. The van der Waals surface area contributed by atoms with E-state index >= 15 is 0 Å². The molecule has 1 saturated heterocycles. The number of piperazine rings is 1. The Kier molecular flexibility index (Phi) is 5.72. The molecular weight excluding hydrogens is 432 g/mol. The number of rotatable bonds is 3. The molecule has 3 aromatic rings. The molecular formula is C25H26N6O3. The molecule has 0 N–H and O–H groups in total. The summed E-state index contributed by atoms with van der Waals surface area (Å²) in [7, 11) is 3.69. The van der Waals surface area contributed by atoms with Crippen LogP contribution in [0.5, 0.6) is 0 Å². The first-order chi connectivity index (χ1) is 16.5. The topological polar surface area (TPSA) is 86.9 Å². The predicted octanol–water partition coefficient (Wildman–Crippen LogP) is 1.88. The molecule has 0 bridgehead atoms. The molecule has 0 spiro atoms. The van der Waals surface area contributed by atoms with Crippen molar-refractivity contribution in [1.29, 1.82) is 0 Å². The van der Waals surface area contributed by atoms with Gasteiger partial charge in [-0.05, 0) is 31.3 Å². The molecule has 0 unspecified atom stereocenters. The fourth-order valence-electron chi connectivity index (χ4n) is 4.45. The van der Waals surface area contributed by atoms with Crippen molar-refractivity contribution >= 4 is 29.0 Å². The lowest BCUT2D eigenvalue weighted by molar-refractivity contribution is -0.582. The van der Waals surface area contributed by atoms with E-state index in [4.69, 9.17) is 0 Å². The zero-order chi connectivity index (χ0) is 23.8. The molecule has 9 nitrogen and oxygen atoms in total. The molecule has 0 radical (unpaired) electrons. The predicted molar refractivity (Wildman–Crippen MR) is 129 cm³/mol. The van der Waals surface area contributed by atoms with Crippen molar-refractivity contribution in [3.8, 4) is 11.4 Å². The van der Waals surface area contributed by atoms with Gasteiger partial charge >= 0.3 is 5.91 Å². The lowest BCUT2D eigenvalue weighted by atomic mass is 10.2. The molecule has 1 aromatic heterocycles. The van der Waals surface area contributed by atoms with Gasteiger partial charge in [-0.2, -0.15) is 4.90 Å². The van der Waals surface area contributed by atoms with Crippen LogP contribution >= 0.6 is 0 Å². The third kappa shape index (κ3) is 3.78. The highest BCUT2D eigenvalue weighted by Gasteiger charge is 2.40. The Hall–Kier alpha value is -3.82. The van der Waals surface area contributed by atoms with E-state index in [-0.39, 0.29) is 29.7 Å². The van der Waals surface area contributed by atoms with Crippen LogP contribution in [0.15, 0.2) is 60.8 Å². The number of carbonyl (C=O) groups is 2. The number of carbonyl (C=O) groups excluding carboxylic acids is 2. The summed E-state index contributed by atoms with van der Waals surface area (Å²) in [6, 6.07) is 16.2. The van der Waals surface area contributed by atoms with Crippen LogP contribution in [0, 0.1) is 5.21 Å². The van der Waals surface area contributed by atoms with E-state index in [0.717, 1.165) is 26.2 Å². The van der Waals surface area contributed by atoms with Crippen LogP contribution in [0.3, 0.4) is 0 Å². The zero-order valence-corrected chi connectivity index (χ0v) is 19.2. The molecule has 34 heavy (non-hydrogen) atoms. The van der Waals surface area contributed by atoms with Crippen LogP contribution in [0.4, 0.5) is 17.2 Å². The quantitative estimate of drug-likeness (QED) is 0.440. The molecule has 2 aromatic carbocycles. The molecule has 0 atom stereocenters. The summed E-state index contributed by atoms with van der Waals surface area (Å²) in [6.07, 6.45) is 1.40. The Bertz CT molecular complexity index is 1240. The molecule has 5 rings (SSSR count). The van der Waals surface area contributed by atoms with Crippen molar-refractivity contribution in [2.24, 2.45) is 0 Å². The molecule has 2 aliphatic rings. The standard InChI is InChI=1S/C25H26N6O3/c1-27-12-14-29(15-13-27)17-22(32)30-21-11-7-6-10-20(21)28(2)25(33)19-16-26-23(31(34)24(19)30)18-8-4-3-5-9-18/h3-11,16H,12-15,17H2,1-2H3. The lowest BCUT2D eigenvalue weighted by Crippen LogP contribution is -2.50. The number of aromatic nitrogens is 2. The maximum Gasteiger partial charge on any atom is 0.301 e. The molecule has 2 aliphatic heterocycles. The van der Waals surface area contributed by atoms with E-state index < -0.39 is 5.91 Å². The normalized spacial score (nSPS) is 16.7. The number of likely N-dealkylation sites (N-methyl/N-ethyl adjacent to an activating group) is 1. The first kappa shape index (κ1) is 22.0. The Balaban J connectivity index is 1.67. The van der Waals surface area contributed by atoms with Crippen molar-refractivity contribution in [3.05, 3.63) is 71.6 Å². The van der Waals surface area contributed by atoms with Crippen LogP contribution in [-0.4, -0.2) is 73.4 Å². The van der Waals surface area contributed by atoms with Crippen LogP contribution in [0.2, 0.25) is 0 Å². The number of benzene rings is 2. The van der Waals surface area contributed by atoms with Gasteiger partial charge in [-0.1, -0.05) is 30.3 Å². The minimum atomic E-state index is -0.394. The number of amides is 2. The first-order valence-electron chi connectivity index (χ1n) is 11.2. The minimum absolute atomic E-state index is 0.0187. The maximum atomic E-state index is 13.8. The van der Waals surface area contributed by atoms with Crippen molar-refractivity contribution in [2.75, 3.05) is 56.6 Å². The van der Waals surface area contributed by atoms with E-state index in [1.807, 2.05) is 18.2 Å². The van der Waals surface area contributed by atoms with Gasteiger partial charge in [-0.25, -0.2) is 4.73 Å². The highest BCUT2D eigenvalue weighted by atomic mass is 16.5. The fraction of sp³-hybridized carbons (Fsp3) is 0.280. The molecule has 9 heteroatoms. The van der Waals surface area contributed by atoms with E-state index in [9.17, 15) is 14.8 Å². The molecule has 0 aliphatic carbocycles. The van der Waals surface area contributed by atoms with Crippen LogP contribution in [0.1, 0.15) is 10.4 Å². The van der Waals surface area contributed by atoms with Crippen LogP contribution in [0.25, 0.3) is 11.4 Å². The van der Waals surface area contributed by atoms with Gasteiger partial charge in [0.15, 0.2) is 0 Å². The van der Waals surface area contributed by atoms with E-state index in [0.29, 0.717) is 21.7 Å². The minimum Gasteiger partial charge on any atom is -0.740 e. The lowest BCUT2D eigenvalue weighted by Gasteiger charge is -2.32. The highest BCUT2D eigenvalue weighted by molar-refractivity contribution is 6.17. The largest absolute Gasteiger partial charge is 0.740 e. The van der Waals surface area contributed by atoms with Gasteiger partial charge in [-0.15, -0.1) is 4.98 Å². The van der Waals surface area contributed by atoms with Crippen molar-refractivity contribution in [2.45, 2.75) is 0 Å². The van der Waals surface area contributed by atoms with Gasteiger partial charge in [0.25, 0.3) is 17.5 Å². The van der Waals surface area contributed by atoms with Gasteiger partial charge in [0.05, 0.1) is 17.8 Å². The number of hydrogen-bond donors (Lipinski definition) is 0. The summed E-state index contributed by atoms with van der Waals surface area (Å²) in [5, 5.41) is 13.7. The molecule has 0 saturated carbocycles. The second-order valence-electron chi connectivity index (χ2n) is 8.64. The molecule has 3 heterocycles. The smallest absolute Gasteiger partial charge is 0.301 e. The third-order valence-electron chi connectivity index (χ3n) is 6.41. The summed E-state index contributed by atoms with van der Waals surface area (Å²) >= 11 is 0. The van der Waals surface area contributed by atoms with Gasteiger partial charge in [0, 0.05) is 33.2 Å². The average molecular weight is 459 g/mol. The van der Waals surface area contributed by atoms with E-state index in [1.54, 1.807) is 43.4 Å².